The predicted octanol–water partition coefficient (Wildman–Crippen LogP) is 1.30. The van der Waals surface area contributed by atoms with Crippen LogP contribution < -0.4 is 34.3 Å². The SMILES string of the molecule is CCCCCCCCc1ccc(OCCCCS(=O)(=O)[O-])cc1.[Na+]. The molecule has 0 aliphatic carbocycles. The maximum absolute atomic E-state index is 10.5. The van der Waals surface area contributed by atoms with Crippen LogP contribution in [0.3, 0.4) is 0 Å². The molecule has 4 nitrogen and oxygen atoms in total. The van der Waals surface area contributed by atoms with E-state index in [9.17, 15) is 13.0 Å². The summed E-state index contributed by atoms with van der Waals surface area (Å²) in [5.41, 5.74) is 1.32. The third-order valence-electron chi connectivity index (χ3n) is 3.80. The average Bonchev–Trinajstić information content (AvgIpc) is 2.51. The van der Waals surface area contributed by atoms with Crippen molar-refractivity contribution in [2.24, 2.45) is 0 Å². The fourth-order valence-electron chi connectivity index (χ4n) is 2.43. The van der Waals surface area contributed by atoms with Crippen molar-refractivity contribution in [1.82, 2.24) is 0 Å². The van der Waals surface area contributed by atoms with Gasteiger partial charge in [-0.05, 0) is 43.4 Å². The number of hydrogen-bond donors (Lipinski definition) is 0. The van der Waals surface area contributed by atoms with E-state index in [0.717, 1.165) is 12.2 Å². The first-order chi connectivity index (χ1) is 11.0. The molecule has 0 aliphatic heterocycles. The van der Waals surface area contributed by atoms with Crippen LogP contribution in [0.2, 0.25) is 0 Å². The van der Waals surface area contributed by atoms with E-state index in [0.29, 0.717) is 19.4 Å². The van der Waals surface area contributed by atoms with Gasteiger partial charge in [-0.2, -0.15) is 0 Å². The van der Waals surface area contributed by atoms with Gasteiger partial charge in [0, 0.05) is 5.75 Å². The van der Waals surface area contributed by atoms with Crippen LogP contribution in [0.5, 0.6) is 5.75 Å². The minimum absolute atomic E-state index is 0. The predicted molar refractivity (Wildman–Crippen MR) is 92.8 cm³/mol. The molecule has 1 rings (SSSR count). The molecule has 0 atom stereocenters. The molecule has 6 heteroatoms. The summed E-state index contributed by atoms with van der Waals surface area (Å²) in [4.78, 5) is 0. The van der Waals surface area contributed by atoms with Crippen molar-refractivity contribution in [1.29, 1.82) is 0 Å². The van der Waals surface area contributed by atoms with Crippen molar-refractivity contribution < 1.29 is 47.3 Å². The molecular weight excluding hydrogens is 335 g/mol. The van der Waals surface area contributed by atoms with Gasteiger partial charge in [-0.25, -0.2) is 8.42 Å². The molecule has 0 aliphatic rings. The Labute approximate surface area is 169 Å². The normalized spacial score (nSPS) is 11.1. The average molecular weight is 364 g/mol. The summed E-state index contributed by atoms with van der Waals surface area (Å²) >= 11 is 0. The number of rotatable bonds is 13. The van der Waals surface area contributed by atoms with Crippen molar-refractivity contribution in [2.45, 2.75) is 64.7 Å². The van der Waals surface area contributed by atoms with E-state index < -0.39 is 10.1 Å². The molecule has 0 fully saturated rings. The minimum atomic E-state index is -4.10. The van der Waals surface area contributed by atoms with E-state index in [1.54, 1.807) is 0 Å². The molecule has 0 bridgehead atoms. The molecular formula is C18H29NaO4S. The molecule has 1 aromatic rings. The zero-order chi connectivity index (χ0) is 17.0. The van der Waals surface area contributed by atoms with Gasteiger partial charge in [-0.1, -0.05) is 51.2 Å². The summed E-state index contributed by atoms with van der Waals surface area (Å²) in [6, 6.07) is 8.08. The quantitative estimate of drug-likeness (QED) is 0.301. The molecule has 1 aromatic carbocycles. The maximum atomic E-state index is 10.5. The van der Waals surface area contributed by atoms with E-state index in [4.69, 9.17) is 4.74 Å². The van der Waals surface area contributed by atoms with Crippen molar-refractivity contribution in [3.63, 3.8) is 0 Å². The number of ether oxygens (including phenoxy) is 1. The fourth-order valence-corrected chi connectivity index (χ4v) is 2.99. The van der Waals surface area contributed by atoms with E-state index in [2.05, 4.69) is 19.1 Å². The smallest absolute Gasteiger partial charge is 0.748 e. The van der Waals surface area contributed by atoms with E-state index in [1.807, 2.05) is 12.1 Å². The summed E-state index contributed by atoms with van der Waals surface area (Å²) in [6.07, 6.45) is 9.84. The maximum Gasteiger partial charge on any atom is 1.00 e. The van der Waals surface area contributed by atoms with E-state index in [1.165, 1.54) is 44.1 Å². The minimum Gasteiger partial charge on any atom is -0.748 e. The van der Waals surface area contributed by atoms with Gasteiger partial charge in [-0.3, -0.25) is 0 Å². The number of hydrogen-bond acceptors (Lipinski definition) is 4. The standard InChI is InChI=1S/C18H30O4S.Na/c1-2-3-4-5-6-7-10-17-11-13-18(14-12-17)22-15-8-9-16-23(19,20)21;/h11-14H,2-10,15-16H2,1H3,(H,19,20,21);/q;+1/p-1. The van der Waals surface area contributed by atoms with Crippen molar-refractivity contribution in [3.8, 4) is 5.75 Å². The van der Waals surface area contributed by atoms with E-state index in [-0.39, 0.29) is 35.3 Å². The third-order valence-corrected chi connectivity index (χ3v) is 4.59. The van der Waals surface area contributed by atoms with Gasteiger partial charge in [0.15, 0.2) is 0 Å². The first kappa shape index (κ1) is 23.9. The molecule has 0 aromatic heterocycles. The van der Waals surface area contributed by atoms with Gasteiger partial charge in [0.25, 0.3) is 0 Å². The molecule has 0 N–H and O–H groups in total. The number of unbranched alkanes of at least 4 members (excludes halogenated alkanes) is 6. The van der Waals surface area contributed by atoms with Crippen molar-refractivity contribution in [3.05, 3.63) is 29.8 Å². The topological polar surface area (TPSA) is 66.4 Å². The summed E-state index contributed by atoms with van der Waals surface area (Å²) in [5, 5.41) is 0. The zero-order valence-electron chi connectivity index (χ0n) is 15.1. The van der Waals surface area contributed by atoms with Crippen LogP contribution in [-0.4, -0.2) is 25.3 Å². The second kappa shape index (κ2) is 14.1. The second-order valence-electron chi connectivity index (χ2n) is 5.98. The monoisotopic (exact) mass is 364 g/mol. The molecule has 0 saturated carbocycles. The van der Waals surface area contributed by atoms with Crippen molar-refractivity contribution >= 4 is 10.1 Å². The summed E-state index contributed by atoms with van der Waals surface area (Å²) < 4.78 is 36.9. The summed E-state index contributed by atoms with van der Waals surface area (Å²) in [5.74, 6) is 0.481. The molecule has 0 saturated heterocycles. The van der Waals surface area contributed by atoms with Crippen molar-refractivity contribution in [2.75, 3.05) is 12.4 Å². The summed E-state index contributed by atoms with van der Waals surface area (Å²) in [7, 11) is -4.10. The van der Waals surface area contributed by atoms with E-state index >= 15 is 0 Å². The Kier molecular flexibility index (Phi) is 14.1. The van der Waals surface area contributed by atoms with Crippen LogP contribution in [-0.2, 0) is 16.5 Å². The number of benzene rings is 1. The first-order valence-electron chi connectivity index (χ1n) is 8.66. The Morgan fingerprint density at radius 2 is 1.54 bits per heavy atom. The molecule has 24 heavy (non-hydrogen) atoms. The molecule has 0 amide bonds. The number of aryl methyl sites for hydroxylation is 1. The van der Waals surface area contributed by atoms with Crippen LogP contribution in [0.15, 0.2) is 24.3 Å². The fraction of sp³-hybridized carbons (Fsp3) is 0.667. The second-order valence-corrected chi connectivity index (χ2v) is 7.50. The van der Waals surface area contributed by atoms with Crippen LogP contribution in [0, 0.1) is 0 Å². The van der Waals surface area contributed by atoms with Gasteiger partial charge >= 0.3 is 29.6 Å². The van der Waals surface area contributed by atoms with Crippen LogP contribution in [0.1, 0.15) is 63.9 Å². The molecule has 0 heterocycles. The Morgan fingerprint density at radius 1 is 0.917 bits per heavy atom. The van der Waals surface area contributed by atoms with Gasteiger partial charge in [0.1, 0.15) is 5.75 Å². The Morgan fingerprint density at radius 3 is 2.17 bits per heavy atom. The van der Waals surface area contributed by atoms with Crippen LogP contribution >= 0.6 is 0 Å². The Bertz CT molecular complexity index is 514. The van der Waals surface area contributed by atoms with Gasteiger partial charge in [-0.15, -0.1) is 0 Å². The van der Waals surface area contributed by atoms with Crippen LogP contribution in [0.25, 0.3) is 0 Å². The van der Waals surface area contributed by atoms with Crippen LogP contribution in [0.4, 0.5) is 0 Å². The molecule has 0 unspecified atom stereocenters. The summed E-state index contributed by atoms with van der Waals surface area (Å²) in [6.45, 7) is 2.67. The largest absolute Gasteiger partial charge is 1.00 e. The first-order valence-corrected chi connectivity index (χ1v) is 10.2. The zero-order valence-corrected chi connectivity index (χ0v) is 17.9. The van der Waals surface area contributed by atoms with Gasteiger partial charge < -0.3 is 9.29 Å². The molecule has 132 valence electrons. The Hall–Kier alpha value is -0.0700. The third kappa shape index (κ3) is 13.2. The van der Waals surface area contributed by atoms with Gasteiger partial charge in [0.2, 0.25) is 0 Å². The molecule has 0 radical (unpaired) electrons. The molecule has 0 spiro atoms. The Balaban J connectivity index is 0.00000529. The van der Waals surface area contributed by atoms with Gasteiger partial charge in [0.05, 0.1) is 16.7 Å².